The van der Waals surface area contributed by atoms with Crippen molar-refractivity contribution in [2.24, 2.45) is 17.6 Å². The molecule has 0 saturated carbocycles. The van der Waals surface area contributed by atoms with Gasteiger partial charge in [0.2, 0.25) is 5.91 Å². The van der Waals surface area contributed by atoms with Gasteiger partial charge in [0.05, 0.1) is 5.92 Å². The molecular formula is C21H27ClN2O. The molecule has 1 fully saturated rings. The number of carbonyl (C=O) groups excluding carboxylic acids is 1. The van der Waals surface area contributed by atoms with Crippen LogP contribution in [0.25, 0.3) is 0 Å². The predicted octanol–water partition coefficient (Wildman–Crippen LogP) is 3.84. The molecule has 2 aromatic carbocycles. The summed E-state index contributed by atoms with van der Waals surface area (Å²) in [6, 6.07) is 20.2. The fourth-order valence-corrected chi connectivity index (χ4v) is 3.55. The van der Waals surface area contributed by atoms with Crippen molar-refractivity contribution in [3.05, 3.63) is 71.8 Å². The Bertz CT molecular complexity index is 662. The van der Waals surface area contributed by atoms with Crippen LogP contribution in [0.4, 0.5) is 0 Å². The normalized spacial score (nSPS) is 19.1. The average Bonchev–Trinajstić information content (AvgIpc) is 3.10. The van der Waals surface area contributed by atoms with E-state index in [1.165, 1.54) is 5.56 Å². The second-order valence-corrected chi connectivity index (χ2v) is 6.85. The molecule has 0 spiro atoms. The maximum Gasteiger partial charge on any atom is 0.227 e. The van der Waals surface area contributed by atoms with Crippen LogP contribution in [0.3, 0.4) is 0 Å². The first-order valence-electron chi connectivity index (χ1n) is 8.78. The second kappa shape index (κ2) is 9.02. The molecular weight excluding hydrogens is 332 g/mol. The summed E-state index contributed by atoms with van der Waals surface area (Å²) in [5.41, 5.74) is 8.70. The third-order valence-electron chi connectivity index (χ3n) is 5.08. The monoisotopic (exact) mass is 358 g/mol. The summed E-state index contributed by atoms with van der Waals surface area (Å²) < 4.78 is 0. The molecule has 134 valence electrons. The fourth-order valence-electron chi connectivity index (χ4n) is 3.55. The lowest BCUT2D eigenvalue weighted by Gasteiger charge is -2.25. The topological polar surface area (TPSA) is 46.3 Å². The SMILES string of the molecule is CC(C(=O)N1CCC(Cc2ccccc2)C1)C(N)c1ccccc1.Cl. The van der Waals surface area contributed by atoms with E-state index in [2.05, 4.69) is 24.3 Å². The largest absolute Gasteiger partial charge is 0.342 e. The quantitative estimate of drug-likeness (QED) is 0.882. The first-order chi connectivity index (χ1) is 11.6. The number of carbonyl (C=O) groups is 1. The zero-order valence-corrected chi connectivity index (χ0v) is 15.5. The van der Waals surface area contributed by atoms with Gasteiger partial charge in [-0.05, 0) is 29.9 Å². The number of likely N-dealkylation sites (tertiary alicyclic amines) is 1. The van der Waals surface area contributed by atoms with Gasteiger partial charge in [-0.25, -0.2) is 0 Å². The summed E-state index contributed by atoms with van der Waals surface area (Å²) in [4.78, 5) is 14.8. The van der Waals surface area contributed by atoms with Crippen molar-refractivity contribution in [3.8, 4) is 0 Å². The molecule has 3 rings (SSSR count). The minimum atomic E-state index is -0.244. The average molecular weight is 359 g/mol. The van der Waals surface area contributed by atoms with Crippen LogP contribution in [0.5, 0.6) is 0 Å². The minimum Gasteiger partial charge on any atom is -0.342 e. The van der Waals surface area contributed by atoms with E-state index in [1.807, 2.05) is 48.2 Å². The van der Waals surface area contributed by atoms with Crippen LogP contribution in [0.1, 0.15) is 30.5 Å². The highest BCUT2D eigenvalue weighted by molar-refractivity contribution is 5.85. The lowest BCUT2D eigenvalue weighted by atomic mass is 9.94. The molecule has 25 heavy (non-hydrogen) atoms. The summed E-state index contributed by atoms with van der Waals surface area (Å²) in [5, 5.41) is 0. The summed E-state index contributed by atoms with van der Waals surface area (Å²) in [6.07, 6.45) is 2.12. The molecule has 1 heterocycles. The van der Waals surface area contributed by atoms with Gasteiger partial charge in [-0.2, -0.15) is 0 Å². The maximum atomic E-state index is 12.8. The zero-order chi connectivity index (χ0) is 16.9. The van der Waals surface area contributed by atoms with Gasteiger partial charge in [0.25, 0.3) is 0 Å². The summed E-state index contributed by atoms with van der Waals surface area (Å²) >= 11 is 0. The Morgan fingerprint density at radius 2 is 1.72 bits per heavy atom. The van der Waals surface area contributed by atoms with Gasteiger partial charge >= 0.3 is 0 Å². The van der Waals surface area contributed by atoms with Crippen molar-refractivity contribution in [1.29, 1.82) is 0 Å². The Morgan fingerprint density at radius 3 is 2.36 bits per heavy atom. The molecule has 0 aromatic heterocycles. The van der Waals surface area contributed by atoms with E-state index in [4.69, 9.17) is 5.73 Å². The van der Waals surface area contributed by atoms with Gasteiger partial charge in [0, 0.05) is 19.1 Å². The molecule has 0 radical (unpaired) electrons. The van der Waals surface area contributed by atoms with E-state index in [0.717, 1.165) is 31.5 Å². The number of amides is 1. The highest BCUT2D eigenvalue weighted by atomic mass is 35.5. The number of nitrogens with zero attached hydrogens (tertiary/aromatic N) is 1. The molecule has 3 atom stereocenters. The van der Waals surface area contributed by atoms with E-state index in [1.54, 1.807) is 0 Å². The molecule has 1 amide bonds. The molecule has 1 aliphatic rings. The van der Waals surface area contributed by atoms with Gasteiger partial charge in [0.1, 0.15) is 0 Å². The van der Waals surface area contributed by atoms with Crippen LogP contribution in [0.15, 0.2) is 60.7 Å². The third-order valence-corrected chi connectivity index (χ3v) is 5.08. The summed E-state index contributed by atoms with van der Waals surface area (Å²) in [6.45, 7) is 3.65. The number of rotatable bonds is 5. The maximum absolute atomic E-state index is 12.8. The molecule has 3 unspecified atom stereocenters. The van der Waals surface area contributed by atoms with Crippen molar-refractivity contribution >= 4 is 18.3 Å². The molecule has 2 N–H and O–H groups in total. The van der Waals surface area contributed by atoms with E-state index < -0.39 is 0 Å². The Balaban J connectivity index is 0.00000225. The zero-order valence-electron chi connectivity index (χ0n) is 14.7. The molecule has 0 aliphatic carbocycles. The lowest BCUT2D eigenvalue weighted by Crippen LogP contribution is -2.38. The smallest absolute Gasteiger partial charge is 0.227 e. The number of nitrogens with two attached hydrogens (primary N) is 1. The highest BCUT2D eigenvalue weighted by Crippen LogP contribution is 2.26. The van der Waals surface area contributed by atoms with Crippen LogP contribution in [0, 0.1) is 11.8 Å². The van der Waals surface area contributed by atoms with Crippen LogP contribution in [-0.4, -0.2) is 23.9 Å². The van der Waals surface area contributed by atoms with E-state index in [9.17, 15) is 4.79 Å². The number of hydrogen-bond donors (Lipinski definition) is 1. The number of hydrogen-bond acceptors (Lipinski definition) is 2. The van der Waals surface area contributed by atoms with Gasteiger partial charge < -0.3 is 10.6 Å². The van der Waals surface area contributed by atoms with Gasteiger partial charge in [-0.3, -0.25) is 4.79 Å². The first-order valence-corrected chi connectivity index (χ1v) is 8.78. The standard InChI is InChI=1S/C21H26N2O.ClH/c1-16(20(22)19-10-6-3-7-11-19)21(24)23-13-12-18(15-23)14-17-8-4-2-5-9-17;/h2-11,16,18,20H,12-15,22H2,1H3;1H. The van der Waals surface area contributed by atoms with Crippen LogP contribution < -0.4 is 5.73 Å². The minimum absolute atomic E-state index is 0. The van der Waals surface area contributed by atoms with Crippen molar-refractivity contribution in [2.45, 2.75) is 25.8 Å². The van der Waals surface area contributed by atoms with E-state index >= 15 is 0 Å². The Morgan fingerprint density at radius 1 is 1.12 bits per heavy atom. The van der Waals surface area contributed by atoms with Gasteiger partial charge in [0.15, 0.2) is 0 Å². The van der Waals surface area contributed by atoms with E-state index in [-0.39, 0.29) is 30.3 Å². The number of halogens is 1. The van der Waals surface area contributed by atoms with Crippen LogP contribution >= 0.6 is 12.4 Å². The lowest BCUT2D eigenvalue weighted by molar-refractivity contribution is -0.134. The Kier molecular flexibility index (Phi) is 7.03. The molecule has 3 nitrogen and oxygen atoms in total. The third kappa shape index (κ3) is 4.83. The first kappa shape index (κ1) is 19.5. The Labute approximate surface area is 156 Å². The van der Waals surface area contributed by atoms with E-state index in [0.29, 0.717) is 5.92 Å². The molecule has 2 aromatic rings. The van der Waals surface area contributed by atoms with Crippen molar-refractivity contribution in [3.63, 3.8) is 0 Å². The predicted molar refractivity (Wildman–Crippen MR) is 105 cm³/mol. The van der Waals surface area contributed by atoms with Crippen molar-refractivity contribution in [2.75, 3.05) is 13.1 Å². The van der Waals surface area contributed by atoms with Crippen molar-refractivity contribution < 1.29 is 4.79 Å². The summed E-state index contributed by atoms with van der Waals surface area (Å²) in [7, 11) is 0. The van der Waals surface area contributed by atoms with Crippen LogP contribution in [0.2, 0.25) is 0 Å². The number of benzene rings is 2. The second-order valence-electron chi connectivity index (χ2n) is 6.85. The summed E-state index contributed by atoms with van der Waals surface area (Å²) in [5.74, 6) is 0.543. The molecule has 1 saturated heterocycles. The van der Waals surface area contributed by atoms with Gasteiger partial charge in [-0.1, -0.05) is 67.6 Å². The highest BCUT2D eigenvalue weighted by Gasteiger charge is 2.31. The Hall–Kier alpha value is -1.84. The molecule has 1 aliphatic heterocycles. The molecule has 0 bridgehead atoms. The van der Waals surface area contributed by atoms with Gasteiger partial charge in [-0.15, -0.1) is 12.4 Å². The van der Waals surface area contributed by atoms with Crippen molar-refractivity contribution in [1.82, 2.24) is 4.90 Å². The van der Waals surface area contributed by atoms with Crippen LogP contribution in [-0.2, 0) is 11.2 Å². The fraction of sp³-hybridized carbons (Fsp3) is 0.381. The molecule has 4 heteroatoms.